The molecule has 0 aliphatic carbocycles. The van der Waals surface area contributed by atoms with E-state index in [-0.39, 0.29) is 11.7 Å². The van der Waals surface area contributed by atoms with Crippen LogP contribution in [0.4, 0.5) is 4.39 Å². The maximum Gasteiger partial charge on any atom is 0.253 e. The largest absolute Gasteiger partial charge is 0.348 e. The zero-order valence-electron chi connectivity index (χ0n) is 17.0. The van der Waals surface area contributed by atoms with Crippen molar-refractivity contribution in [2.75, 3.05) is 0 Å². The lowest BCUT2D eigenvalue weighted by molar-refractivity contribution is 0.0950. The van der Waals surface area contributed by atoms with Gasteiger partial charge in [-0.2, -0.15) is 5.10 Å². The number of hydrogen-bond acceptors (Lipinski definition) is 2. The maximum absolute atomic E-state index is 14.3. The second-order valence-electron chi connectivity index (χ2n) is 7.23. The van der Waals surface area contributed by atoms with Gasteiger partial charge in [0.2, 0.25) is 0 Å². The van der Waals surface area contributed by atoms with Crippen LogP contribution < -0.4 is 5.32 Å². The SMILES string of the molecule is Cc1cc(C(=O)NCc2ccccc2Cn2cccn2)c(C)n1-c1ccccc1F. The second-order valence-corrected chi connectivity index (χ2v) is 7.23. The van der Waals surface area contributed by atoms with Gasteiger partial charge in [0.15, 0.2) is 0 Å². The highest BCUT2D eigenvalue weighted by Crippen LogP contribution is 2.23. The number of aryl methyl sites for hydroxylation is 1. The maximum atomic E-state index is 14.3. The fourth-order valence-corrected chi connectivity index (χ4v) is 3.72. The van der Waals surface area contributed by atoms with Crippen LogP contribution in [-0.4, -0.2) is 20.3 Å². The number of benzene rings is 2. The molecule has 2 aromatic heterocycles. The highest BCUT2D eigenvalue weighted by Gasteiger charge is 2.18. The highest BCUT2D eigenvalue weighted by atomic mass is 19.1. The third-order valence-corrected chi connectivity index (χ3v) is 5.22. The van der Waals surface area contributed by atoms with Gasteiger partial charge in [0, 0.05) is 30.3 Å². The fourth-order valence-electron chi connectivity index (χ4n) is 3.72. The topological polar surface area (TPSA) is 51.9 Å². The first-order valence-electron chi connectivity index (χ1n) is 9.81. The van der Waals surface area contributed by atoms with E-state index >= 15 is 0 Å². The summed E-state index contributed by atoms with van der Waals surface area (Å²) in [5.74, 6) is -0.501. The predicted octanol–water partition coefficient (Wildman–Crippen LogP) is 4.41. The summed E-state index contributed by atoms with van der Waals surface area (Å²) in [4.78, 5) is 12.9. The van der Waals surface area contributed by atoms with Gasteiger partial charge in [-0.05, 0) is 49.2 Å². The quantitative estimate of drug-likeness (QED) is 0.519. The van der Waals surface area contributed by atoms with Crippen LogP contribution >= 0.6 is 0 Å². The number of aromatic nitrogens is 3. The molecule has 0 aliphatic heterocycles. The minimum Gasteiger partial charge on any atom is -0.348 e. The van der Waals surface area contributed by atoms with Crippen LogP contribution in [0.25, 0.3) is 5.69 Å². The van der Waals surface area contributed by atoms with Gasteiger partial charge in [-0.1, -0.05) is 36.4 Å². The van der Waals surface area contributed by atoms with Gasteiger partial charge >= 0.3 is 0 Å². The number of hydrogen-bond donors (Lipinski definition) is 1. The molecule has 6 heteroatoms. The van der Waals surface area contributed by atoms with Gasteiger partial charge in [-0.25, -0.2) is 4.39 Å². The minimum atomic E-state index is -0.321. The van der Waals surface area contributed by atoms with Crippen LogP contribution in [0.2, 0.25) is 0 Å². The van der Waals surface area contributed by atoms with Gasteiger partial charge in [0.25, 0.3) is 5.91 Å². The lowest BCUT2D eigenvalue weighted by Crippen LogP contribution is -2.24. The summed E-state index contributed by atoms with van der Waals surface area (Å²) in [7, 11) is 0. The summed E-state index contributed by atoms with van der Waals surface area (Å²) in [6, 6.07) is 18.2. The molecule has 4 rings (SSSR count). The van der Waals surface area contributed by atoms with Crippen molar-refractivity contribution < 1.29 is 9.18 Å². The standard InChI is InChI=1S/C24H23FN4O/c1-17-14-21(18(2)29(17)23-11-6-5-10-22(23)25)24(30)26-15-19-8-3-4-9-20(19)16-28-13-7-12-27-28/h3-14H,15-16H2,1-2H3,(H,26,30). The number of para-hydroxylation sites is 1. The second kappa shape index (κ2) is 8.37. The Morgan fingerprint density at radius 1 is 1.03 bits per heavy atom. The van der Waals surface area contributed by atoms with Crippen LogP contribution in [0.1, 0.15) is 32.9 Å². The van der Waals surface area contributed by atoms with Gasteiger partial charge < -0.3 is 9.88 Å². The Balaban J connectivity index is 1.54. The monoisotopic (exact) mass is 402 g/mol. The van der Waals surface area contributed by atoms with Crippen molar-refractivity contribution in [2.24, 2.45) is 0 Å². The van der Waals surface area contributed by atoms with E-state index in [9.17, 15) is 9.18 Å². The zero-order chi connectivity index (χ0) is 21.1. The molecular formula is C24H23FN4O. The van der Waals surface area contributed by atoms with Crippen LogP contribution in [0.5, 0.6) is 0 Å². The first-order valence-corrected chi connectivity index (χ1v) is 9.81. The van der Waals surface area contributed by atoms with E-state index in [0.29, 0.717) is 30.0 Å². The summed E-state index contributed by atoms with van der Waals surface area (Å²) < 4.78 is 17.9. The third-order valence-electron chi connectivity index (χ3n) is 5.22. The Morgan fingerprint density at radius 3 is 2.50 bits per heavy atom. The minimum absolute atomic E-state index is 0.181. The number of amides is 1. The predicted molar refractivity (Wildman–Crippen MR) is 114 cm³/mol. The van der Waals surface area contributed by atoms with Gasteiger partial charge in [0.1, 0.15) is 5.82 Å². The molecule has 5 nitrogen and oxygen atoms in total. The van der Waals surface area contributed by atoms with Gasteiger partial charge in [-0.15, -0.1) is 0 Å². The molecule has 0 atom stereocenters. The van der Waals surface area contributed by atoms with Crippen molar-refractivity contribution in [3.63, 3.8) is 0 Å². The fraction of sp³-hybridized carbons (Fsp3) is 0.167. The van der Waals surface area contributed by atoms with Crippen LogP contribution in [0.15, 0.2) is 73.1 Å². The molecule has 0 saturated heterocycles. The molecular weight excluding hydrogens is 379 g/mol. The third kappa shape index (κ3) is 3.89. The van der Waals surface area contributed by atoms with Gasteiger partial charge in [-0.3, -0.25) is 9.48 Å². The zero-order valence-corrected chi connectivity index (χ0v) is 17.0. The Hall–Kier alpha value is -3.67. The molecule has 0 radical (unpaired) electrons. The van der Waals surface area contributed by atoms with Crippen molar-refractivity contribution >= 4 is 5.91 Å². The van der Waals surface area contributed by atoms with E-state index in [1.54, 1.807) is 35.0 Å². The molecule has 2 heterocycles. The van der Waals surface area contributed by atoms with E-state index in [2.05, 4.69) is 10.4 Å². The van der Waals surface area contributed by atoms with Crippen molar-refractivity contribution in [1.82, 2.24) is 19.7 Å². The molecule has 0 saturated carbocycles. The highest BCUT2D eigenvalue weighted by molar-refractivity contribution is 5.95. The summed E-state index contributed by atoms with van der Waals surface area (Å²) in [5.41, 5.74) is 4.63. The van der Waals surface area contributed by atoms with Crippen molar-refractivity contribution in [3.8, 4) is 5.69 Å². The lowest BCUT2D eigenvalue weighted by atomic mass is 10.1. The molecule has 4 aromatic rings. The molecule has 0 fully saturated rings. The van der Waals surface area contributed by atoms with Crippen molar-refractivity contribution in [2.45, 2.75) is 26.9 Å². The molecule has 0 bridgehead atoms. The molecule has 1 N–H and O–H groups in total. The first-order chi connectivity index (χ1) is 14.5. The van der Waals surface area contributed by atoms with E-state index < -0.39 is 0 Å². The average molecular weight is 402 g/mol. The lowest BCUT2D eigenvalue weighted by Gasteiger charge is -2.12. The van der Waals surface area contributed by atoms with E-state index in [1.807, 2.05) is 55.1 Å². The normalized spacial score (nSPS) is 10.9. The summed E-state index contributed by atoms with van der Waals surface area (Å²) in [5, 5.41) is 7.26. The summed E-state index contributed by atoms with van der Waals surface area (Å²) >= 11 is 0. The van der Waals surface area contributed by atoms with Crippen LogP contribution in [0, 0.1) is 19.7 Å². The molecule has 0 aliphatic rings. The van der Waals surface area contributed by atoms with Gasteiger partial charge in [0.05, 0.1) is 17.8 Å². The molecule has 2 aromatic carbocycles. The van der Waals surface area contributed by atoms with E-state index in [0.717, 1.165) is 16.8 Å². The van der Waals surface area contributed by atoms with E-state index in [1.165, 1.54) is 6.07 Å². The van der Waals surface area contributed by atoms with Crippen molar-refractivity contribution in [1.29, 1.82) is 0 Å². The molecule has 30 heavy (non-hydrogen) atoms. The molecule has 0 unspecified atom stereocenters. The summed E-state index contributed by atoms with van der Waals surface area (Å²) in [6.45, 7) is 4.75. The Bertz CT molecular complexity index is 1180. The van der Waals surface area contributed by atoms with Crippen molar-refractivity contribution in [3.05, 3.63) is 107 Å². The first kappa shape index (κ1) is 19.6. The van der Waals surface area contributed by atoms with Crippen LogP contribution in [0.3, 0.4) is 0 Å². The smallest absolute Gasteiger partial charge is 0.253 e. The molecule has 152 valence electrons. The average Bonchev–Trinajstić information content (AvgIpc) is 3.35. The molecule has 0 spiro atoms. The van der Waals surface area contributed by atoms with Crippen LogP contribution in [-0.2, 0) is 13.1 Å². The summed E-state index contributed by atoms with van der Waals surface area (Å²) in [6.07, 6.45) is 3.66. The van der Waals surface area contributed by atoms with E-state index in [4.69, 9.17) is 0 Å². The molecule has 1 amide bonds. The number of carbonyl (C=O) groups excluding carboxylic acids is 1. The Morgan fingerprint density at radius 2 is 1.77 bits per heavy atom. The Kier molecular flexibility index (Phi) is 5.48. The Labute approximate surface area is 174 Å². The number of nitrogens with one attached hydrogen (secondary N) is 1. The number of nitrogens with zero attached hydrogens (tertiary/aromatic N) is 3. The number of carbonyl (C=O) groups is 1. The number of halogens is 1. The number of rotatable bonds is 6.